The predicted octanol–water partition coefficient (Wildman–Crippen LogP) is 2.02. The molecule has 6 heteroatoms. The summed E-state index contributed by atoms with van der Waals surface area (Å²) in [6.45, 7) is 5.42. The van der Waals surface area contributed by atoms with Gasteiger partial charge in [-0.2, -0.15) is 0 Å². The molecule has 100 valence electrons. The zero-order chi connectivity index (χ0) is 13.3. The standard InChI is InChI=1S/C12H17F2N3O/c1-12(2)7-17(4-5-18-12)11-9(14)6-8(13)10(15-3)16-11/h6H,4-5,7H2,1-3H3,(H,15,16). The van der Waals surface area contributed by atoms with Gasteiger partial charge in [-0.3, -0.25) is 0 Å². The third-order valence-corrected chi connectivity index (χ3v) is 2.87. The van der Waals surface area contributed by atoms with E-state index in [4.69, 9.17) is 4.74 Å². The van der Waals surface area contributed by atoms with E-state index in [9.17, 15) is 8.78 Å². The molecule has 1 N–H and O–H groups in total. The topological polar surface area (TPSA) is 37.4 Å². The van der Waals surface area contributed by atoms with Crippen LogP contribution >= 0.6 is 0 Å². The molecule has 1 saturated heterocycles. The van der Waals surface area contributed by atoms with E-state index in [1.165, 1.54) is 0 Å². The largest absolute Gasteiger partial charge is 0.372 e. The number of morpholine rings is 1. The smallest absolute Gasteiger partial charge is 0.168 e. The summed E-state index contributed by atoms with van der Waals surface area (Å²) in [5.41, 5.74) is -0.361. The van der Waals surface area contributed by atoms with Gasteiger partial charge in [-0.15, -0.1) is 0 Å². The normalized spacial score (nSPS) is 18.8. The first kappa shape index (κ1) is 13.0. The van der Waals surface area contributed by atoms with Crippen LogP contribution in [0.15, 0.2) is 6.07 Å². The van der Waals surface area contributed by atoms with Gasteiger partial charge in [-0.05, 0) is 13.8 Å². The van der Waals surface area contributed by atoms with Crippen LogP contribution in [0.2, 0.25) is 0 Å². The first-order chi connectivity index (χ1) is 8.43. The highest BCUT2D eigenvalue weighted by Crippen LogP contribution is 2.26. The molecule has 0 aromatic carbocycles. The molecule has 0 amide bonds. The van der Waals surface area contributed by atoms with Crippen molar-refractivity contribution in [2.24, 2.45) is 0 Å². The Morgan fingerprint density at radius 2 is 2.11 bits per heavy atom. The zero-order valence-corrected chi connectivity index (χ0v) is 10.8. The van der Waals surface area contributed by atoms with Gasteiger partial charge in [0.1, 0.15) is 0 Å². The number of halogens is 2. The summed E-state index contributed by atoms with van der Waals surface area (Å²) >= 11 is 0. The van der Waals surface area contributed by atoms with E-state index in [1.54, 1.807) is 11.9 Å². The van der Waals surface area contributed by atoms with E-state index >= 15 is 0 Å². The Morgan fingerprint density at radius 3 is 2.72 bits per heavy atom. The molecule has 18 heavy (non-hydrogen) atoms. The fraction of sp³-hybridized carbons (Fsp3) is 0.583. The average molecular weight is 257 g/mol. The summed E-state index contributed by atoms with van der Waals surface area (Å²) in [6.07, 6.45) is 0. The van der Waals surface area contributed by atoms with Crippen molar-refractivity contribution in [3.05, 3.63) is 17.7 Å². The third kappa shape index (κ3) is 2.53. The maximum atomic E-state index is 13.8. The lowest BCUT2D eigenvalue weighted by Crippen LogP contribution is -2.49. The van der Waals surface area contributed by atoms with Crippen LogP contribution in [-0.2, 0) is 4.74 Å². The van der Waals surface area contributed by atoms with Gasteiger partial charge in [0.2, 0.25) is 0 Å². The van der Waals surface area contributed by atoms with Crippen molar-refractivity contribution in [3.8, 4) is 0 Å². The van der Waals surface area contributed by atoms with Crippen molar-refractivity contribution in [3.63, 3.8) is 0 Å². The van der Waals surface area contributed by atoms with Crippen molar-refractivity contribution in [2.45, 2.75) is 19.4 Å². The van der Waals surface area contributed by atoms with Gasteiger partial charge in [0.05, 0.1) is 12.2 Å². The van der Waals surface area contributed by atoms with Crippen LogP contribution in [0.4, 0.5) is 20.4 Å². The minimum atomic E-state index is -0.689. The van der Waals surface area contributed by atoms with E-state index < -0.39 is 11.6 Å². The molecule has 2 rings (SSSR count). The Kier molecular flexibility index (Phi) is 3.38. The Morgan fingerprint density at radius 1 is 1.39 bits per heavy atom. The molecule has 1 fully saturated rings. The SMILES string of the molecule is CNc1nc(N2CCOC(C)(C)C2)c(F)cc1F. The van der Waals surface area contributed by atoms with Gasteiger partial charge in [-0.1, -0.05) is 0 Å². The molecule has 1 aliphatic heterocycles. The minimum Gasteiger partial charge on any atom is -0.372 e. The highest BCUT2D eigenvalue weighted by atomic mass is 19.1. The van der Waals surface area contributed by atoms with Crippen molar-refractivity contribution < 1.29 is 13.5 Å². The van der Waals surface area contributed by atoms with Gasteiger partial charge >= 0.3 is 0 Å². The molecule has 1 aliphatic rings. The van der Waals surface area contributed by atoms with E-state index in [-0.39, 0.29) is 17.2 Å². The summed E-state index contributed by atoms with van der Waals surface area (Å²) in [4.78, 5) is 5.77. The van der Waals surface area contributed by atoms with Gasteiger partial charge < -0.3 is 15.0 Å². The van der Waals surface area contributed by atoms with E-state index in [1.807, 2.05) is 13.8 Å². The van der Waals surface area contributed by atoms with Crippen molar-refractivity contribution >= 4 is 11.6 Å². The molecular formula is C12H17F2N3O. The number of pyridine rings is 1. The minimum absolute atomic E-state index is 0.0516. The predicted molar refractivity (Wildman–Crippen MR) is 65.9 cm³/mol. The molecule has 0 atom stereocenters. The first-order valence-corrected chi connectivity index (χ1v) is 5.85. The van der Waals surface area contributed by atoms with Crippen LogP contribution in [0.25, 0.3) is 0 Å². The number of ether oxygens (including phenoxy) is 1. The van der Waals surface area contributed by atoms with Crippen molar-refractivity contribution in [1.82, 2.24) is 4.98 Å². The molecule has 4 nitrogen and oxygen atoms in total. The number of nitrogens with zero attached hydrogens (tertiary/aromatic N) is 2. The maximum Gasteiger partial charge on any atom is 0.168 e. The first-order valence-electron chi connectivity index (χ1n) is 5.85. The summed E-state index contributed by atoms with van der Waals surface area (Å²) in [5.74, 6) is -1.12. The molecule has 0 saturated carbocycles. The number of rotatable bonds is 2. The van der Waals surface area contributed by atoms with Crippen LogP contribution in [-0.4, -0.2) is 37.3 Å². The number of anilines is 2. The van der Waals surface area contributed by atoms with Crippen LogP contribution in [0.3, 0.4) is 0 Å². The number of nitrogens with one attached hydrogen (secondary N) is 1. The molecule has 0 radical (unpaired) electrons. The Bertz CT molecular complexity index is 451. The Hall–Kier alpha value is -1.43. The molecule has 1 aromatic heterocycles. The molecule has 1 aromatic rings. The monoisotopic (exact) mass is 257 g/mol. The lowest BCUT2D eigenvalue weighted by molar-refractivity contribution is -0.0280. The average Bonchev–Trinajstić information content (AvgIpc) is 2.27. The lowest BCUT2D eigenvalue weighted by atomic mass is 10.1. The second kappa shape index (κ2) is 4.68. The number of hydrogen-bond donors (Lipinski definition) is 1. The van der Waals surface area contributed by atoms with Gasteiger partial charge in [0.15, 0.2) is 23.3 Å². The fourth-order valence-corrected chi connectivity index (χ4v) is 2.05. The number of aromatic nitrogens is 1. The summed E-state index contributed by atoms with van der Waals surface area (Å²) in [5, 5.41) is 2.61. The molecular weight excluding hydrogens is 240 g/mol. The zero-order valence-electron chi connectivity index (χ0n) is 10.8. The summed E-state index contributed by atoms with van der Waals surface area (Å²) in [6, 6.07) is 0.858. The molecule has 0 aliphatic carbocycles. The maximum absolute atomic E-state index is 13.8. The van der Waals surface area contributed by atoms with Crippen LogP contribution in [0.5, 0.6) is 0 Å². The van der Waals surface area contributed by atoms with Gasteiger partial charge in [-0.25, -0.2) is 13.8 Å². The molecule has 0 unspecified atom stereocenters. The molecule has 2 heterocycles. The quantitative estimate of drug-likeness (QED) is 0.879. The van der Waals surface area contributed by atoms with E-state index in [2.05, 4.69) is 10.3 Å². The highest BCUT2D eigenvalue weighted by Gasteiger charge is 2.29. The fourth-order valence-electron chi connectivity index (χ4n) is 2.05. The second-order valence-electron chi connectivity index (χ2n) is 4.90. The van der Waals surface area contributed by atoms with Gasteiger partial charge in [0, 0.05) is 26.2 Å². The lowest BCUT2D eigenvalue weighted by Gasteiger charge is -2.38. The van der Waals surface area contributed by atoms with Crippen LogP contribution in [0, 0.1) is 11.6 Å². The Labute approximate surface area is 105 Å². The van der Waals surface area contributed by atoms with E-state index in [0.717, 1.165) is 6.07 Å². The molecule has 0 spiro atoms. The molecule has 0 bridgehead atoms. The third-order valence-electron chi connectivity index (χ3n) is 2.87. The summed E-state index contributed by atoms with van der Waals surface area (Å²) in [7, 11) is 1.55. The summed E-state index contributed by atoms with van der Waals surface area (Å²) < 4.78 is 32.7. The number of hydrogen-bond acceptors (Lipinski definition) is 4. The highest BCUT2D eigenvalue weighted by molar-refractivity contribution is 5.49. The second-order valence-corrected chi connectivity index (χ2v) is 4.90. The van der Waals surface area contributed by atoms with Crippen molar-refractivity contribution in [2.75, 3.05) is 37.0 Å². The van der Waals surface area contributed by atoms with Gasteiger partial charge in [0.25, 0.3) is 0 Å². The Balaban J connectivity index is 2.32. The van der Waals surface area contributed by atoms with Crippen molar-refractivity contribution in [1.29, 1.82) is 0 Å². The van der Waals surface area contributed by atoms with Crippen LogP contribution < -0.4 is 10.2 Å². The van der Waals surface area contributed by atoms with E-state index in [0.29, 0.717) is 19.7 Å². The van der Waals surface area contributed by atoms with Crippen LogP contribution in [0.1, 0.15) is 13.8 Å².